The number of hydrogen-bond donors (Lipinski definition) is 1. The molecule has 1 rings (SSSR count). The van der Waals surface area contributed by atoms with Gasteiger partial charge in [0.05, 0.1) is 0 Å². The summed E-state index contributed by atoms with van der Waals surface area (Å²) in [6, 6.07) is 0. The molecule has 0 aromatic heterocycles. The number of unbranched alkanes of at least 4 members (excludes halogenated alkanes) is 6. The van der Waals surface area contributed by atoms with E-state index in [9.17, 15) is 4.79 Å². The van der Waals surface area contributed by atoms with Crippen molar-refractivity contribution in [3.05, 3.63) is 0 Å². The molecule has 0 spiro atoms. The summed E-state index contributed by atoms with van der Waals surface area (Å²) >= 11 is 0. The van der Waals surface area contributed by atoms with Crippen LogP contribution in [0.5, 0.6) is 0 Å². The first-order chi connectivity index (χ1) is 8.25. The summed E-state index contributed by atoms with van der Waals surface area (Å²) < 4.78 is 6.92. The highest BCUT2D eigenvalue weighted by Gasteiger charge is 2.30. The maximum absolute atomic E-state index is 10.8. The molecule has 4 heteroatoms. The molecule has 0 saturated carbocycles. The molecule has 98 valence electrons. The zero-order chi connectivity index (χ0) is 12.5. The summed E-state index contributed by atoms with van der Waals surface area (Å²) in [7, 11) is 0. The van der Waals surface area contributed by atoms with Gasteiger partial charge in [0, 0.05) is 6.42 Å². The molecule has 0 aromatic carbocycles. The van der Waals surface area contributed by atoms with Gasteiger partial charge >= 0.3 is 11.9 Å². The number of carboxylic acid groups (broad SMARTS) is 1. The smallest absolute Gasteiger partial charge is 0.450 e. The number of nitrogens with zero attached hydrogens (tertiary/aromatic N) is 1. The summed E-state index contributed by atoms with van der Waals surface area (Å²) in [5.74, 6) is -0.804. The van der Waals surface area contributed by atoms with Crippen LogP contribution in [-0.2, 0) is 9.53 Å². The van der Waals surface area contributed by atoms with E-state index in [1.165, 1.54) is 38.5 Å². The van der Waals surface area contributed by atoms with Gasteiger partial charge in [0.2, 0.25) is 0 Å². The van der Waals surface area contributed by atoms with Crippen LogP contribution in [0.1, 0.15) is 51.9 Å². The lowest BCUT2D eigenvalue weighted by atomic mass is 10.1. The van der Waals surface area contributed by atoms with Gasteiger partial charge < -0.3 is 9.84 Å². The molecule has 1 heterocycles. The second-order valence-electron chi connectivity index (χ2n) is 4.57. The van der Waals surface area contributed by atoms with Crippen LogP contribution in [0, 0.1) is 0 Å². The molecule has 0 bridgehead atoms. The lowest BCUT2D eigenvalue weighted by Crippen LogP contribution is -2.24. The number of aliphatic carboxylic acids is 1. The molecule has 0 unspecified atom stereocenters. The van der Waals surface area contributed by atoms with Crippen LogP contribution in [0.2, 0.25) is 0 Å². The minimum Gasteiger partial charge on any atom is -0.471 e. The van der Waals surface area contributed by atoms with E-state index in [0.717, 1.165) is 19.5 Å². The Morgan fingerprint density at radius 3 is 2.53 bits per heavy atom. The van der Waals surface area contributed by atoms with Gasteiger partial charge in [-0.05, 0) is 6.42 Å². The molecule has 1 aliphatic rings. The van der Waals surface area contributed by atoms with Crippen LogP contribution < -0.4 is 0 Å². The minimum absolute atomic E-state index is 0.135. The predicted molar refractivity (Wildman–Crippen MR) is 66.6 cm³/mol. The van der Waals surface area contributed by atoms with E-state index in [1.807, 2.05) is 4.58 Å². The van der Waals surface area contributed by atoms with E-state index in [2.05, 4.69) is 6.92 Å². The number of carbonyl (C=O) groups is 1. The monoisotopic (exact) mass is 242 g/mol. The summed E-state index contributed by atoms with van der Waals surface area (Å²) in [6.45, 7) is 4.27. The third kappa shape index (κ3) is 5.20. The highest BCUT2D eigenvalue weighted by molar-refractivity contribution is 6.29. The largest absolute Gasteiger partial charge is 0.471 e. The number of carboxylic acids is 1. The minimum atomic E-state index is -0.939. The van der Waals surface area contributed by atoms with Crippen molar-refractivity contribution in [2.24, 2.45) is 0 Å². The molecule has 0 aliphatic carbocycles. The van der Waals surface area contributed by atoms with E-state index in [0.29, 0.717) is 6.61 Å². The van der Waals surface area contributed by atoms with Crippen LogP contribution in [0.15, 0.2) is 0 Å². The van der Waals surface area contributed by atoms with E-state index in [4.69, 9.17) is 9.84 Å². The number of rotatable bonds is 9. The van der Waals surface area contributed by atoms with Gasteiger partial charge in [-0.2, -0.15) is 4.58 Å². The fourth-order valence-corrected chi connectivity index (χ4v) is 2.12. The Morgan fingerprint density at radius 1 is 1.24 bits per heavy atom. The third-order valence-corrected chi connectivity index (χ3v) is 3.10. The molecule has 0 atom stereocenters. The van der Waals surface area contributed by atoms with E-state index < -0.39 is 5.97 Å². The highest BCUT2D eigenvalue weighted by Crippen LogP contribution is 2.07. The first-order valence-corrected chi connectivity index (χ1v) is 6.73. The second-order valence-corrected chi connectivity index (χ2v) is 4.57. The molecule has 1 N–H and O–H groups in total. The fraction of sp³-hybridized carbons (Fsp3) is 0.846. The molecule has 17 heavy (non-hydrogen) atoms. The van der Waals surface area contributed by atoms with E-state index in [1.54, 1.807) is 0 Å². The molecule has 0 aromatic rings. The molecular formula is C13H24NO3+. The van der Waals surface area contributed by atoms with Crippen LogP contribution in [0.4, 0.5) is 0 Å². The molecule has 1 aliphatic heterocycles. The number of hydrogen-bond acceptors (Lipinski definition) is 2. The van der Waals surface area contributed by atoms with Crippen LogP contribution in [0.25, 0.3) is 0 Å². The van der Waals surface area contributed by atoms with Gasteiger partial charge in [-0.25, -0.2) is 4.79 Å². The maximum atomic E-state index is 10.8. The van der Waals surface area contributed by atoms with Crippen molar-refractivity contribution in [2.45, 2.75) is 51.9 Å². The molecule has 4 nitrogen and oxygen atoms in total. The van der Waals surface area contributed by atoms with Crippen molar-refractivity contribution < 1.29 is 19.2 Å². The van der Waals surface area contributed by atoms with Crippen LogP contribution >= 0.6 is 0 Å². The van der Waals surface area contributed by atoms with Gasteiger partial charge in [0.15, 0.2) is 13.2 Å². The van der Waals surface area contributed by atoms with Crippen LogP contribution in [-0.4, -0.2) is 41.2 Å². The topological polar surface area (TPSA) is 49.5 Å². The van der Waals surface area contributed by atoms with Gasteiger partial charge in [0.1, 0.15) is 6.54 Å². The Kier molecular flexibility index (Phi) is 6.67. The van der Waals surface area contributed by atoms with E-state index in [-0.39, 0.29) is 5.90 Å². The molecule has 0 fully saturated rings. The summed E-state index contributed by atoms with van der Waals surface area (Å²) in [4.78, 5) is 10.8. The average Bonchev–Trinajstić information content (AvgIpc) is 2.76. The predicted octanol–water partition coefficient (Wildman–Crippen LogP) is 2.26. The van der Waals surface area contributed by atoms with E-state index >= 15 is 0 Å². The average molecular weight is 242 g/mol. The Balaban J connectivity index is 2.10. The lowest BCUT2D eigenvalue weighted by Gasteiger charge is -2.00. The SMILES string of the molecule is CCCCCCCCC[N+]1=C(C(=O)O)OCC1. The molecule has 0 radical (unpaired) electrons. The highest BCUT2D eigenvalue weighted by atomic mass is 16.5. The van der Waals surface area contributed by atoms with Gasteiger partial charge in [-0.1, -0.05) is 39.0 Å². The zero-order valence-corrected chi connectivity index (χ0v) is 10.8. The Hall–Kier alpha value is -1.06. The van der Waals surface area contributed by atoms with Crippen molar-refractivity contribution >= 4 is 11.9 Å². The Morgan fingerprint density at radius 2 is 1.88 bits per heavy atom. The summed E-state index contributed by atoms with van der Waals surface area (Å²) in [5.41, 5.74) is 0. The quantitative estimate of drug-likeness (QED) is 0.498. The van der Waals surface area contributed by atoms with Gasteiger partial charge in [-0.3, -0.25) is 0 Å². The third-order valence-electron chi connectivity index (χ3n) is 3.10. The number of ether oxygens (including phenoxy) is 1. The first-order valence-electron chi connectivity index (χ1n) is 6.73. The molecular weight excluding hydrogens is 218 g/mol. The summed E-state index contributed by atoms with van der Waals surface area (Å²) in [6.07, 6.45) is 8.76. The van der Waals surface area contributed by atoms with Gasteiger partial charge in [-0.15, -0.1) is 0 Å². The molecule has 0 saturated heterocycles. The van der Waals surface area contributed by atoms with Crippen LogP contribution in [0.3, 0.4) is 0 Å². The fourth-order valence-electron chi connectivity index (χ4n) is 2.12. The van der Waals surface area contributed by atoms with Crippen molar-refractivity contribution in [1.29, 1.82) is 0 Å². The lowest BCUT2D eigenvalue weighted by molar-refractivity contribution is -0.518. The zero-order valence-electron chi connectivity index (χ0n) is 10.8. The molecule has 0 amide bonds. The van der Waals surface area contributed by atoms with Gasteiger partial charge in [0.25, 0.3) is 0 Å². The standard InChI is InChI=1S/C13H23NO3/c1-2-3-4-5-6-7-8-9-14-10-11-17-12(14)13(15)16/h2-11H2,1H3/p+1. The summed E-state index contributed by atoms with van der Waals surface area (Å²) in [5, 5.41) is 8.88. The Bertz CT molecular complexity index is 274. The Labute approximate surface area is 103 Å². The van der Waals surface area contributed by atoms with Crippen molar-refractivity contribution in [3.63, 3.8) is 0 Å². The maximum Gasteiger partial charge on any atom is 0.450 e. The van der Waals surface area contributed by atoms with Crippen molar-refractivity contribution in [1.82, 2.24) is 0 Å². The normalized spacial score (nSPS) is 15.1. The first kappa shape index (κ1) is 14.0. The van der Waals surface area contributed by atoms with Crippen molar-refractivity contribution in [2.75, 3.05) is 19.7 Å². The second kappa shape index (κ2) is 8.09. The van der Waals surface area contributed by atoms with Crippen molar-refractivity contribution in [3.8, 4) is 0 Å².